The van der Waals surface area contributed by atoms with E-state index in [1.165, 1.54) is 11.8 Å². The Morgan fingerprint density at radius 1 is 1.17 bits per heavy atom. The Morgan fingerprint density at radius 2 is 1.90 bits per heavy atom. The number of nitrogens with one attached hydrogen (secondary N) is 3. The smallest absolute Gasteiger partial charge is 0.322 e. The molecule has 1 aromatic carbocycles. The van der Waals surface area contributed by atoms with Crippen molar-refractivity contribution in [3.8, 4) is 0 Å². The number of thioether (sulfide) groups is 1. The Hall–Kier alpha value is -3.05. The second-order valence-electron chi connectivity index (χ2n) is 6.59. The number of aromatic nitrogens is 1. The molecule has 0 fully saturated rings. The first-order valence-electron chi connectivity index (χ1n) is 9.18. The Morgan fingerprint density at radius 3 is 2.60 bits per heavy atom. The van der Waals surface area contributed by atoms with Crippen molar-refractivity contribution in [1.82, 2.24) is 15.6 Å². The summed E-state index contributed by atoms with van der Waals surface area (Å²) in [6.07, 6.45) is 1.64. The van der Waals surface area contributed by atoms with Gasteiger partial charge in [0.1, 0.15) is 18.6 Å². The molecule has 2 amide bonds. The van der Waals surface area contributed by atoms with Crippen LogP contribution in [0.15, 0.2) is 30.5 Å². The number of benzene rings is 1. The fraction of sp³-hybridized carbons (Fsp3) is 0.368. The number of aromatic amines is 1. The van der Waals surface area contributed by atoms with Gasteiger partial charge in [-0.05, 0) is 18.1 Å². The monoisotopic (exact) mass is 436 g/mol. The summed E-state index contributed by atoms with van der Waals surface area (Å²) in [6, 6.07) is 5.64. The summed E-state index contributed by atoms with van der Waals surface area (Å²) in [5.74, 6) is -2.79. The molecule has 2 unspecified atom stereocenters. The molecule has 2 rings (SSSR count). The summed E-state index contributed by atoms with van der Waals surface area (Å²) >= 11 is 1.41. The lowest BCUT2D eigenvalue weighted by Crippen LogP contribution is -2.49. The lowest BCUT2D eigenvalue weighted by molar-refractivity contribution is -0.139. The van der Waals surface area contributed by atoms with Crippen molar-refractivity contribution >= 4 is 46.4 Å². The van der Waals surface area contributed by atoms with Gasteiger partial charge in [-0.3, -0.25) is 19.2 Å². The first-order valence-corrected chi connectivity index (χ1v) is 10.3. The maximum atomic E-state index is 12.3. The largest absolute Gasteiger partial charge is 0.480 e. The van der Waals surface area contributed by atoms with E-state index in [4.69, 9.17) is 15.9 Å². The molecule has 7 N–H and O–H groups in total. The first-order chi connectivity index (χ1) is 14.3. The van der Waals surface area contributed by atoms with E-state index in [-0.39, 0.29) is 18.6 Å². The summed E-state index contributed by atoms with van der Waals surface area (Å²) in [5, 5.41) is 23.4. The van der Waals surface area contributed by atoms with Crippen LogP contribution in [0.5, 0.6) is 0 Å². The Kier molecular flexibility index (Phi) is 8.69. The number of aliphatic carboxylic acids is 2. The molecule has 2 atom stereocenters. The van der Waals surface area contributed by atoms with Gasteiger partial charge in [-0.15, -0.1) is 0 Å². The minimum absolute atomic E-state index is 0.0763. The quantitative estimate of drug-likeness (QED) is 0.275. The number of amides is 2. The predicted octanol–water partition coefficient (Wildman–Crippen LogP) is 0.279. The highest BCUT2D eigenvalue weighted by atomic mass is 32.2. The van der Waals surface area contributed by atoms with Crippen molar-refractivity contribution in [1.29, 1.82) is 0 Å². The number of H-pyrrole nitrogens is 1. The van der Waals surface area contributed by atoms with Crippen LogP contribution in [0.1, 0.15) is 18.4 Å². The lowest BCUT2D eigenvalue weighted by Gasteiger charge is -2.18. The van der Waals surface area contributed by atoms with Crippen LogP contribution in [0, 0.1) is 0 Å². The molecule has 0 aliphatic rings. The number of carbonyl (C=O) groups is 4. The zero-order valence-corrected chi connectivity index (χ0v) is 16.9. The molecule has 0 aliphatic carbocycles. The van der Waals surface area contributed by atoms with E-state index in [0.717, 1.165) is 16.5 Å². The normalized spacial score (nSPS) is 12.8. The highest BCUT2D eigenvalue weighted by Gasteiger charge is 2.22. The number of carboxylic acid groups (broad SMARTS) is 2. The average Bonchev–Trinajstić information content (AvgIpc) is 3.12. The van der Waals surface area contributed by atoms with E-state index in [2.05, 4.69) is 15.6 Å². The van der Waals surface area contributed by atoms with Crippen molar-refractivity contribution in [2.24, 2.45) is 5.73 Å². The van der Waals surface area contributed by atoms with E-state index < -0.39 is 42.4 Å². The molecule has 30 heavy (non-hydrogen) atoms. The zero-order valence-electron chi connectivity index (χ0n) is 16.1. The first kappa shape index (κ1) is 23.2. The summed E-state index contributed by atoms with van der Waals surface area (Å²) in [6.45, 7) is -0.567. The number of nitrogens with two attached hydrogens (primary N) is 1. The molecule has 1 heterocycles. The zero-order chi connectivity index (χ0) is 22.1. The lowest BCUT2D eigenvalue weighted by atomic mass is 10.1. The number of fused-ring (bicyclic) bond motifs is 1. The molecule has 10 nitrogen and oxygen atoms in total. The third kappa shape index (κ3) is 7.08. The van der Waals surface area contributed by atoms with Gasteiger partial charge in [-0.25, -0.2) is 0 Å². The van der Waals surface area contributed by atoms with Gasteiger partial charge in [0.2, 0.25) is 11.8 Å². The highest BCUT2D eigenvalue weighted by Crippen LogP contribution is 2.22. The third-order valence-electron chi connectivity index (χ3n) is 4.28. The fourth-order valence-corrected chi connectivity index (χ4v) is 3.73. The molecule has 0 saturated carbocycles. The molecular weight excluding hydrogens is 412 g/mol. The SMILES string of the molecule is NC(CCC(=O)NC(CSCc1c[nH]c2ccccc12)C(=O)NCC(=O)O)C(=O)O. The molecule has 0 radical (unpaired) electrons. The molecule has 0 spiro atoms. The van der Waals surface area contributed by atoms with Crippen LogP contribution in [-0.4, -0.2) is 63.3 Å². The van der Waals surface area contributed by atoms with Crippen molar-refractivity contribution in [3.63, 3.8) is 0 Å². The van der Waals surface area contributed by atoms with E-state index in [1.807, 2.05) is 30.5 Å². The van der Waals surface area contributed by atoms with Gasteiger partial charge in [-0.1, -0.05) is 18.2 Å². The van der Waals surface area contributed by atoms with Crippen LogP contribution >= 0.6 is 11.8 Å². The number of carboxylic acids is 2. The molecular formula is C19H24N4O6S. The molecule has 11 heteroatoms. The fourth-order valence-electron chi connectivity index (χ4n) is 2.68. The number of hydrogen-bond donors (Lipinski definition) is 6. The van der Waals surface area contributed by atoms with Crippen LogP contribution in [0.25, 0.3) is 10.9 Å². The van der Waals surface area contributed by atoms with Gasteiger partial charge in [0.05, 0.1) is 0 Å². The summed E-state index contributed by atoms with van der Waals surface area (Å²) in [4.78, 5) is 49.0. The minimum atomic E-state index is -1.21. The van der Waals surface area contributed by atoms with E-state index in [0.29, 0.717) is 5.75 Å². The molecule has 162 valence electrons. The molecule has 1 aromatic heterocycles. The van der Waals surface area contributed by atoms with Crippen LogP contribution in [0.4, 0.5) is 0 Å². The number of carbonyl (C=O) groups excluding carboxylic acids is 2. The van der Waals surface area contributed by atoms with Gasteiger partial charge in [0, 0.05) is 35.0 Å². The maximum absolute atomic E-state index is 12.3. The van der Waals surface area contributed by atoms with Crippen LogP contribution in [0.3, 0.4) is 0 Å². The molecule has 2 aromatic rings. The van der Waals surface area contributed by atoms with Crippen molar-refractivity contribution in [2.45, 2.75) is 30.7 Å². The topological polar surface area (TPSA) is 175 Å². The second kappa shape index (κ2) is 11.2. The van der Waals surface area contributed by atoms with E-state index in [1.54, 1.807) is 0 Å². The Balaban J connectivity index is 1.94. The van der Waals surface area contributed by atoms with Gasteiger partial charge in [0.25, 0.3) is 0 Å². The molecule has 0 aliphatic heterocycles. The number of hydrogen-bond acceptors (Lipinski definition) is 6. The third-order valence-corrected chi connectivity index (χ3v) is 5.37. The predicted molar refractivity (Wildman–Crippen MR) is 112 cm³/mol. The van der Waals surface area contributed by atoms with E-state index >= 15 is 0 Å². The van der Waals surface area contributed by atoms with Crippen LogP contribution in [-0.2, 0) is 24.9 Å². The van der Waals surface area contributed by atoms with Crippen molar-refractivity contribution in [2.75, 3.05) is 12.3 Å². The summed E-state index contributed by atoms with van der Waals surface area (Å²) < 4.78 is 0. The van der Waals surface area contributed by atoms with Crippen molar-refractivity contribution in [3.05, 3.63) is 36.0 Å². The van der Waals surface area contributed by atoms with Gasteiger partial charge in [-0.2, -0.15) is 11.8 Å². The van der Waals surface area contributed by atoms with Crippen LogP contribution < -0.4 is 16.4 Å². The molecule has 0 bridgehead atoms. The maximum Gasteiger partial charge on any atom is 0.322 e. The summed E-state index contributed by atoms with van der Waals surface area (Å²) in [5.41, 5.74) is 7.42. The van der Waals surface area contributed by atoms with Gasteiger partial charge >= 0.3 is 11.9 Å². The molecule has 0 saturated heterocycles. The number of para-hydroxylation sites is 1. The van der Waals surface area contributed by atoms with Crippen molar-refractivity contribution < 1.29 is 29.4 Å². The van der Waals surface area contributed by atoms with Gasteiger partial charge < -0.3 is 31.6 Å². The van der Waals surface area contributed by atoms with Crippen LogP contribution in [0.2, 0.25) is 0 Å². The Bertz CT molecular complexity index is 915. The highest BCUT2D eigenvalue weighted by molar-refractivity contribution is 7.98. The average molecular weight is 436 g/mol. The van der Waals surface area contributed by atoms with E-state index in [9.17, 15) is 19.2 Å². The number of rotatable bonds is 12. The summed E-state index contributed by atoms with van der Waals surface area (Å²) in [7, 11) is 0. The minimum Gasteiger partial charge on any atom is -0.480 e. The van der Waals surface area contributed by atoms with Gasteiger partial charge in [0.15, 0.2) is 0 Å². The standard InChI is InChI=1S/C19H24N4O6S/c20-13(19(28)29)5-6-16(24)23-15(18(27)22-8-17(25)26)10-30-9-11-7-21-14-4-2-1-3-12(11)14/h1-4,7,13,15,21H,5-6,8-10,20H2,(H,22,27)(H,23,24)(H,25,26)(H,28,29). The second-order valence-corrected chi connectivity index (χ2v) is 7.62. The Labute approximate surface area is 176 Å².